The summed E-state index contributed by atoms with van der Waals surface area (Å²) in [6.07, 6.45) is 1.99. The second kappa shape index (κ2) is 4.31. The molecule has 0 saturated carbocycles. The molecular weight excluding hydrogens is 196 g/mol. The summed E-state index contributed by atoms with van der Waals surface area (Å²) in [5.41, 5.74) is 5.14. The standard InChI is InChI=1S/C15H13O/c1-11-6-5-9-14(12(11)2)15-8-4-3-7-13(15)10-16/h3-9H,1-2H3. The number of hydrogen-bond acceptors (Lipinski definition) is 1. The van der Waals surface area contributed by atoms with Crippen molar-refractivity contribution in [2.75, 3.05) is 0 Å². The molecule has 0 spiro atoms. The lowest BCUT2D eigenvalue weighted by Crippen LogP contribution is -1.91. The predicted octanol–water partition coefficient (Wildman–Crippen LogP) is 3.43. The fourth-order valence-electron chi connectivity index (χ4n) is 1.85. The molecule has 0 atom stereocenters. The molecule has 1 nitrogen and oxygen atoms in total. The Morgan fingerprint density at radius 2 is 1.56 bits per heavy atom. The number of benzene rings is 2. The average molecular weight is 209 g/mol. The molecule has 0 amide bonds. The predicted molar refractivity (Wildman–Crippen MR) is 66.1 cm³/mol. The first-order chi connectivity index (χ1) is 7.74. The number of carbonyl (C=O) groups excluding carboxylic acids is 1. The summed E-state index contributed by atoms with van der Waals surface area (Å²) >= 11 is 0. The van der Waals surface area contributed by atoms with Gasteiger partial charge in [-0.15, -0.1) is 0 Å². The van der Waals surface area contributed by atoms with Crippen molar-refractivity contribution in [1.82, 2.24) is 0 Å². The van der Waals surface area contributed by atoms with Gasteiger partial charge in [0, 0.05) is 5.56 Å². The molecule has 0 bridgehead atoms. The molecule has 0 fully saturated rings. The van der Waals surface area contributed by atoms with E-state index in [2.05, 4.69) is 19.9 Å². The minimum absolute atomic E-state index is 0.621. The van der Waals surface area contributed by atoms with Crippen LogP contribution < -0.4 is 0 Å². The van der Waals surface area contributed by atoms with Crippen molar-refractivity contribution >= 4 is 6.29 Å². The molecule has 0 N–H and O–H groups in total. The van der Waals surface area contributed by atoms with Crippen molar-refractivity contribution in [3.8, 4) is 11.1 Å². The van der Waals surface area contributed by atoms with Crippen LogP contribution in [-0.4, -0.2) is 6.29 Å². The lowest BCUT2D eigenvalue weighted by molar-refractivity contribution is 0.563. The molecule has 0 aliphatic rings. The first kappa shape index (κ1) is 10.6. The maximum Gasteiger partial charge on any atom is 0.234 e. The maximum absolute atomic E-state index is 10.9. The Kier molecular flexibility index (Phi) is 2.86. The second-order valence-corrected chi connectivity index (χ2v) is 3.90. The third-order valence-electron chi connectivity index (χ3n) is 2.93. The Hall–Kier alpha value is -1.89. The van der Waals surface area contributed by atoms with Gasteiger partial charge in [-0.2, -0.15) is 0 Å². The van der Waals surface area contributed by atoms with E-state index < -0.39 is 0 Å². The van der Waals surface area contributed by atoms with Gasteiger partial charge in [0.05, 0.1) is 0 Å². The molecule has 16 heavy (non-hydrogen) atoms. The highest BCUT2D eigenvalue weighted by Gasteiger charge is 2.07. The number of rotatable bonds is 2. The zero-order valence-corrected chi connectivity index (χ0v) is 9.45. The van der Waals surface area contributed by atoms with E-state index in [1.165, 1.54) is 11.1 Å². The van der Waals surface area contributed by atoms with Crippen molar-refractivity contribution in [2.24, 2.45) is 0 Å². The van der Waals surface area contributed by atoms with E-state index in [1.807, 2.05) is 36.6 Å². The van der Waals surface area contributed by atoms with E-state index >= 15 is 0 Å². The van der Waals surface area contributed by atoms with Crippen LogP contribution in [0.15, 0.2) is 42.5 Å². The monoisotopic (exact) mass is 209 g/mol. The third kappa shape index (κ3) is 1.76. The Balaban J connectivity index is 2.67. The van der Waals surface area contributed by atoms with Gasteiger partial charge in [0.2, 0.25) is 6.29 Å². The summed E-state index contributed by atoms with van der Waals surface area (Å²) in [5.74, 6) is 0. The maximum atomic E-state index is 10.9. The molecular formula is C15H13O. The zero-order valence-electron chi connectivity index (χ0n) is 9.45. The van der Waals surface area contributed by atoms with Crippen LogP contribution in [0.4, 0.5) is 0 Å². The highest BCUT2D eigenvalue weighted by atomic mass is 16.1. The normalized spacial score (nSPS) is 10.1. The number of hydrogen-bond donors (Lipinski definition) is 0. The summed E-state index contributed by atoms with van der Waals surface area (Å²) in [5, 5.41) is 0. The topological polar surface area (TPSA) is 17.1 Å². The minimum atomic E-state index is 0.621. The summed E-state index contributed by atoms with van der Waals surface area (Å²) in [6.45, 7) is 4.15. The van der Waals surface area contributed by atoms with Crippen LogP contribution in [0.2, 0.25) is 0 Å². The van der Waals surface area contributed by atoms with Crippen LogP contribution in [0.5, 0.6) is 0 Å². The molecule has 0 saturated heterocycles. The summed E-state index contributed by atoms with van der Waals surface area (Å²) < 4.78 is 0. The van der Waals surface area contributed by atoms with Crippen LogP contribution in [0.1, 0.15) is 16.7 Å². The average Bonchev–Trinajstić information content (AvgIpc) is 2.33. The molecule has 0 heterocycles. The first-order valence-electron chi connectivity index (χ1n) is 5.28. The van der Waals surface area contributed by atoms with Gasteiger partial charge in [0.15, 0.2) is 0 Å². The van der Waals surface area contributed by atoms with Crippen molar-refractivity contribution in [2.45, 2.75) is 13.8 Å². The first-order valence-corrected chi connectivity index (χ1v) is 5.28. The van der Waals surface area contributed by atoms with Crippen molar-refractivity contribution < 1.29 is 4.79 Å². The van der Waals surface area contributed by atoms with E-state index in [-0.39, 0.29) is 0 Å². The lowest BCUT2D eigenvalue weighted by atomic mass is 9.94. The summed E-state index contributed by atoms with van der Waals surface area (Å²) in [4.78, 5) is 10.9. The van der Waals surface area contributed by atoms with Gasteiger partial charge in [-0.1, -0.05) is 42.5 Å². The van der Waals surface area contributed by atoms with Gasteiger partial charge in [-0.25, -0.2) is 0 Å². The van der Waals surface area contributed by atoms with Crippen molar-refractivity contribution in [1.29, 1.82) is 0 Å². The highest BCUT2D eigenvalue weighted by Crippen LogP contribution is 2.27. The lowest BCUT2D eigenvalue weighted by Gasteiger charge is -2.10. The third-order valence-corrected chi connectivity index (χ3v) is 2.93. The van der Waals surface area contributed by atoms with Crippen molar-refractivity contribution in [3.63, 3.8) is 0 Å². The molecule has 2 aromatic rings. The van der Waals surface area contributed by atoms with Crippen LogP contribution >= 0.6 is 0 Å². The Morgan fingerprint density at radius 1 is 0.875 bits per heavy atom. The van der Waals surface area contributed by atoms with Gasteiger partial charge < -0.3 is 0 Å². The fraction of sp³-hybridized carbons (Fsp3) is 0.133. The van der Waals surface area contributed by atoms with Gasteiger partial charge in [0.25, 0.3) is 0 Å². The zero-order chi connectivity index (χ0) is 11.5. The van der Waals surface area contributed by atoms with Crippen LogP contribution in [0.3, 0.4) is 0 Å². The highest BCUT2D eigenvalue weighted by molar-refractivity contribution is 5.88. The molecule has 1 radical (unpaired) electrons. The van der Waals surface area contributed by atoms with Crippen LogP contribution in [-0.2, 0) is 4.79 Å². The molecule has 2 rings (SSSR count). The fourth-order valence-corrected chi connectivity index (χ4v) is 1.85. The number of aryl methyl sites for hydroxylation is 1. The van der Waals surface area contributed by atoms with Gasteiger partial charge in [-0.05, 0) is 36.1 Å². The SMILES string of the molecule is Cc1cccc(-c2ccccc2[C]=O)c1C. The van der Waals surface area contributed by atoms with Gasteiger partial charge in [0.1, 0.15) is 0 Å². The van der Waals surface area contributed by atoms with Gasteiger partial charge in [-0.3, -0.25) is 4.79 Å². The van der Waals surface area contributed by atoms with E-state index in [9.17, 15) is 4.79 Å². The second-order valence-electron chi connectivity index (χ2n) is 3.90. The van der Waals surface area contributed by atoms with E-state index in [1.54, 1.807) is 6.07 Å². The van der Waals surface area contributed by atoms with Gasteiger partial charge >= 0.3 is 0 Å². The molecule has 2 aromatic carbocycles. The molecule has 0 aliphatic carbocycles. The van der Waals surface area contributed by atoms with E-state index in [0.717, 1.165) is 11.1 Å². The Labute approximate surface area is 95.7 Å². The van der Waals surface area contributed by atoms with Crippen molar-refractivity contribution in [3.05, 3.63) is 59.2 Å². The summed E-state index contributed by atoms with van der Waals surface area (Å²) in [7, 11) is 0. The van der Waals surface area contributed by atoms with Crippen LogP contribution in [0.25, 0.3) is 11.1 Å². The molecule has 0 unspecified atom stereocenters. The molecule has 79 valence electrons. The summed E-state index contributed by atoms with van der Waals surface area (Å²) in [6, 6.07) is 13.7. The quantitative estimate of drug-likeness (QED) is 0.740. The minimum Gasteiger partial charge on any atom is -0.285 e. The smallest absolute Gasteiger partial charge is 0.234 e. The largest absolute Gasteiger partial charge is 0.285 e. The molecule has 0 aliphatic heterocycles. The van der Waals surface area contributed by atoms with E-state index in [4.69, 9.17) is 0 Å². The van der Waals surface area contributed by atoms with Crippen LogP contribution in [0, 0.1) is 13.8 Å². The Bertz CT molecular complexity index is 527. The molecule has 0 aromatic heterocycles. The van der Waals surface area contributed by atoms with E-state index in [0.29, 0.717) is 5.56 Å². The Morgan fingerprint density at radius 3 is 2.31 bits per heavy atom. The molecule has 1 heteroatoms.